The van der Waals surface area contributed by atoms with Crippen molar-refractivity contribution < 1.29 is 4.79 Å². The summed E-state index contributed by atoms with van der Waals surface area (Å²) in [5.74, 6) is -0.236. The molecule has 0 aliphatic carbocycles. The molecule has 112 valence electrons. The van der Waals surface area contributed by atoms with Crippen LogP contribution in [0.25, 0.3) is 5.65 Å². The number of aryl methyl sites for hydroxylation is 1. The zero-order valence-corrected chi connectivity index (χ0v) is 12.5. The highest BCUT2D eigenvalue weighted by atomic mass is 35.5. The molecular weight excluding hydrogens is 292 g/mol. The summed E-state index contributed by atoms with van der Waals surface area (Å²) in [6.07, 6.45) is 3.09. The third-order valence-corrected chi connectivity index (χ3v) is 3.48. The number of hydrogen-bond acceptors (Lipinski definition) is 4. The third kappa shape index (κ3) is 2.91. The minimum atomic E-state index is -0.303. The molecule has 1 N–H and O–H groups in total. The van der Waals surface area contributed by atoms with Gasteiger partial charge in [-0.05, 0) is 18.6 Å². The molecule has 2 aromatic heterocycles. The first kappa shape index (κ1) is 15.5. The number of carbonyl (C=O) groups is 1. The Labute approximate surface area is 128 Å². The quantitative estimate of drug-likeness (QED) is 0.832. The Morgan fingerprint density at radius 3 is 2.71 bits per heavy atom. The molecule has 1 fully saturated rings. The Balaban J connectivity index is 0.00000161. The Bertz CT molecular complexity index is 722. The largest absolute Gasteiger partial charge is 0.336 e. The lowest BCUT2D eigenvalue weighted by Crippen LogP contribution is -2.47. The number of rotatable bonds is 1. The molecule has 1 aliphatic rings. The van der Waals surface area contributed by atoms with Crippen LogP contribution in [0.15, 0.2) is 29.3 Å². The summed E-state index contributed by atoms with van der Waals surface area (Å²) in [5.41, 5.74) is 1.34. The molecule has 0 saturated carbocycles. The van der Waals surface area contributed by atoms with Crippen molar-refractivity contribution in [3.05, 3.63) is 46.0 Å². The van der Waals surface area contributed by atoms with E-state index < -0.39 is 0 Å². The third-order valence-electron chi connectivity index (χ3n) is 3.48. The highest BCUT2D eigenvalue weighted by Gasteiger charge is 2.21. The number of hydrogen-bond donors (Lipinski definition) is 1. The molecule has 0 atom stereocenters. The normalized spacial score (nSPS) is 14.8. The fourth-order valence-electron chi connectivity index (χ4n) is 2.37. The topological polar surface area (TPSA) is 66.7 Å². The van der Waals surface area contributed by atoms with Crippen LogP contribution in [0.1, 0.15) is 15.9 Å². The highest BCUT2D eigenvalue weighted by Crippen LogP contribution is 2.05. The van der Waals surface area contributed by atoms with Gasteiger partial charge in [0.2, 0.25) is 0 Å². The second-order valence-electron chi connectivity index (χ2n) is 4.95. The van der Waals surface area contributed by atoms with Gasteiger partial charge in [-0.2, -0.15) is 0 Å². The first-order chi connectivity index (χ1) is 9.66. The van der Waals surface area contributed by atoms with Gasteiger partial charge in [0.15, 0.2) is 0 Å². The Morgan fingerprint density at radius 2 is 2.00 bits per heavy atom. The minimum absolute atomic E-state index is 0. The predicted octanol–water partition coefficient (Wildman–Crippen LogP) is 0.470. The summed E-state index contributed by atoms with van der Waals surface area (Å²) in [7, 11) is 0. The molecule has 6 nitrogen and oxygen atoms in total. The average molecular weight is 309 g/mol. The van der Waals surface area contributed by atoms with E-state index in [4.69, 9.17) is 0 Å². The van der Waals surface area contributed by atoms with Gasteiger partial charge in [-0.25, -0.2) is 4.98 Å². The minimum Gasteiger partial charge on any atom is -0.336 e. The van der Waals surface area contributed by atoms with Gasteiger partial charge >= 0.3 is 0 Å². The summed E-state index contributed by atoms with van der Waals surface area (Å²) in [5, 5.41) is 3.18. The van der Waals surface area contributed by atoms with E-state index in [1.807, 2.05) is 13.0 Å². The van der Waals surface area contributed by atoms with Crippen LogP contribution in [-0.4, -0.2) is 46.4 Å². The molecule has 1 saturated heterocycles. The molecule has 21 heavy (non-hydrogen) atoms. The van der Waals surface area contributed by atoms with Gasteiger partial charge in [-0.1, -0.05) is 6.07 Å². The maximum Gasteiger partial charge on any atom is 0.270 e. The van der Waals surface area contributed by atoms with Gasteiger partial charge < -0.3 is 10.2 Å². The van der Waals surface area contributed by atoms with E-state index in [9.17, 15) is 9.59 Å². The average Bonchev–Trinajstić information content (AvgIpc) is 2.48. The predicted molar refractivity (Wildman–Crippen MR) is 82.2 cm³/mol. The van der Waals surface area contributed by atoms with Gasteiger partial charge in [0.1, 0.15) is 11.2 Å². The number of aromatic nitrogens is 2. The van der Waals surface area contributed by atoms with Gasteiger partial charge in [-0.3, -0.25) is 14.0 Å². The summed E-state index contributed by atoms with van der Waals surface area (Å²) in [6.45, 7) is 4.65. The lowest BCUT2D eigenvalue weighted by Gasteiger charge is -2.27. The Morgan fingerprint density at radius 1 is 1.29 bits per heavy atom. The van der Waals surface area contributed by atoms with Crippen LogP contribution >= 0.6 is 12.4 Å². The van der Waals surface area contributed by atoms with Crippen molar-refractivity contribution in [2.45, 2.75) is 6.92 Å². The molecule has 1 aliphatic heterocycles. The summed E-state index contributed by atoms with van der Waals surface area (Å²) in [6, 6.07) is 3.66. The van der Waals surface area contributed by atoms with Gasteiger partial charge in [0.05, 0.1) is 0 Å². The maximum absolute atomic E-state index is 12.4. The lowest BCUT2D eigenvalue weighted by atomic mass is 10.2. The molecule has 2 aromatic rings. The second kappa shape index (κ2) is 6.24. The zero-order valence-electron chi connectivity index (χ0n) is 11.7. The van der Waals surface area contributed by atoms with Crippen LogP contribution in [0, 0.1) is 6.92 Å². The molecule has 1 amide bonds. The molecule has 0 bridgehead atoms. The van der Waals surface area contributed by atoms with Crippen molar-refractivity contribution in [3.8, 4) is 0 Å². The fraction of sp³-hybridized carbons (Fsp3) is 0.357. The van der Waals surface area contributed by atoms with E-state index in [0.717, 1.165) is 18.7 Å². The number of pyridine rings is 1. The number of nitrogens with one attached hydrogen (secondary N) is 1. The van der Waals surface area contributed by atoms with Gasteiger partial charge in [-0.15, -0.1) is 12.4 Å². The monoisotopic (exact) mass is 308 g/mol. The standard InChI is InChI=1S/C14H16N4O2.ClH/c1-10-2-3-12-16-8-11(14(20)18(12)9-10)13(19)17-6-4-15-5-7-17;/h2-3,8-9,15H,4-7H2,1H3;1H. The number of halogens is 1. The van der Waals surface area contributed by atoms with E-state index >= 15 is 0 Å². The van der Waals surface area contributed by atoms with E-state index in [2.05, 4.69) is 10.3 Å². The smallest absolute Gasteiger partial charge is 0.270 e. The first-order valence-electron chi connectivity index (χ1n) is 6.65. The first-order valence-corrected chi connectivity index (χ1v) is 6.65. The highest BCUT2D eigenvalue weighted by molar-refractivity contribution is 5.93. The molecule has 0 unspecified atom stereocenters. The van der Waals surface area contributed by atoms with Crippen LogP contribution in [0.5, 0.6) is 0 Å². The number of piperazine rings is 1. The van der Waals surface area contributed by atoms with Gasteiger partial charge in [0, 0.05) is 38.6 Å². The van der Waals surface area contributed by atoms with E-state index in [-0.39, 0.29) is 29.4 Å². The Hall–Kier alpha value is -1.92. The number of fused-ring (bicyclic) bond motifs is 1. The zero-order chi connectivity index (χ0) is 14.1. The Kier molecular flexibility index (Phi) is 4.59. The molecule has 7 heteroatoms. The second-order valence-corrected chi connectivity index (χ2v) is 4.95. The summed E-state index contributed by atoms with van der Waals surface area (Å²) in [4.78, 5) is 30.7. The summed E-state index contributed by atoms with van der Waals surface area (Å²) < 4.78 is 1.44. The number of amides is 1. The van der Waals surface area contributed by atoms with Crippen LogP contribution in [0.3, 0.4) is 0 Å². The molecule has 3 rings (SSSR count). The van der Waals surface area contributed by atoms with E-state index in [1.54, 1.807) is 17.2 Å². The molecule has 3 heterocycles. The molecule has 0 aromatic carbocycles. The molecular formula is C14H17ClN4O2. The SMILES string of the molecule is Cc1ccc2ncc(C(=O)N3CCNCC3)c(=O)n2c1.Cl. The maximum atomic E-state index is 12.4. The van der Waals surface area contributed by atoms with Crippen LogP contribution in [0.2, 0.25) is 0 Å². The van der Waals surface area contributed by atoms with Crippen LogP contribution < -0.4 is 10.9 Å². The lowest BCUT2D eigenvalue weighted by molar-refractivity contribution is 0.0733. The van der Waals surface area contributed by atoms with Crippen molar-refractivity contribution >= 4 is 24.0 Å². The van der Waals surface area contributed by atoms with Gasteiger partial charge in [0.25, 0.3) is 11.5 Å². The van der Waals surface area contributed by atoms with Crippen molar-refractivity contribution in [2.75, 3.05) is 26.2 Å². The van der Waals surface area contributed by atoms with E-state index in [1.165, 1.54) is 10.6 Å². The van der Waals surface area contributed by atoms with Crippen LogP contribution in [-0.2, 0) is 0 Å². The van der Waals surface area contributed by atoms with Crippen molar-refractivity contribution in [1.29, 1.82) is 0 Å². The molecule has 0 spiro atoms. The van der Waals surface area contributed by atoms with Crippen molar-refractivity contribution in [2.24, 2.45) is 0 Å². The number of carbonyl (C=O) groups excluding carboxylic acids is 1. The molecule has 0 radical (unpaired) electrons. The number of nitrogens with zero attached hydrogens (tertiary/aromatic N) is 3. The van der Waals surface area contributed by atoms with Crippen molar-refractivity contribution in [1.82, 2.24) is 19.6 Å². The van der Waals surface area contributed by atoms with Crippen molar-refractivity contribution in [3.63, 3.8) is 0 Å². The fourth-order valence-corrected chi connectivity index (χ4v) is 2.37. The summed E-state index contributed by atoms with van der Waals surface area (Å²) >= 11 is 0. The van der Waals surface area contributed by atoms with Crippen LogP contribution in [0.4, 0.5) is 0 Å². The van der Waals surface area contributed by atoms with E-state index in [0.29, 0.717) is 18.7 Å².